The topological polar surface area (TPSA) is 160 Å². The Morgan fingerprint density at radius 1 is 0.930 bits per heavy atom. The molecule has 3 N–H and O–H groups in total. The van der Waals surface area contributed by atoms with Crippen LogP contribution in [0.3, 0.4) is 0 Å². The van der Waals surface area contributed by atoms with Crippen molar-refractivity contribution in [3.63, 3.8) is 0 Å². The number of carbonyl (C=O) groups is 1. The SMILES string of the molecule is CC(C)CNS(=O)(=O)c1cc2c(c3cnc(C4CC4)cc13)[C@H](NS(=O)(=O)c1cccnc1)C[C@H]2NC(=O)c1cccnc1. The Kier molecular flexibility index (Phi) is 7.75. The van der Waals surface area contributed by atoms with E-state index in [1.54, 1.807) is 30.6 Å². The van der Waals surface area contributed by atoms with E-state index < -0.39 is 38.0 Å². The molecule has 0 unspecified atom stereocenters. The van der Waals surface area contributed by atoms with Gasteiger partial charge in [-0.2, -0.15) is 0 Å². The number of aromatic nitrogens is 3. The number of amides is 1. The van der Waals surface area contributed by atoms with E-state index in [0.29, 0.717) is 27.5 Å². The van der Waals surface area contributed by atoms with Gasteiger partial charge in [-0.15, -0.1) is 0 Å². The first-order valence-electron chi connectivity index (χ1n) is 14.1. The molecule has 3 heterocycles. The van der Waals surface area contributed by atoms with E-state index in [-0.39, 0.29) is 34.6 Å². The molecule has 11 nitrogen and oxygen atoms in total. The van der Waals surface area contributed by atoms with E-state index in [1.165, 1.54) is 30.7 Å². The summed E-state index contributed by atoms with van der Waals surface area (Å²) in [6, 6.07) is 8.15. The minimum Gasteiger partial charge on any atom is -0.345 e. The van der Waals surface area contributed by atoms with Gasteiger partial charge in [0, 0.05) is 59.9 Å². The molecular weight excluding hydrogens is 589 g/mol. The Hall–Kier alpha value is -3.78. The fraction of sp³-hybridized carbons (Fsp3) is 0.333. The third-order valence-corrected chi connectivity index (χ3v) is 10.6. The first kappa shape index (κ1) is 29.3. The summed E-state index contributed by atoms with van der Waals surface area (Å²) in [5.74, 6) is -0.0652. The van der Waals surface area contributed by atoms with Crippen molar-refractivity contribution in [2.75, 3.05) is 6.54 Å². The van der Waals surface area contributed by atoms with Gasteiger partial charge in [-0.25, -0.2) is 26.3 Å². The van der Waals surface area contributed by atoms with Crippen LogP contribution < -0.4 is 14.8 Å². The molecule has 0 radical (unpaired) electrons. The number of fused-ring (bicyclic) bond motifs is 3. The fourth-order valence-electron chi connectivity index (χ4n) is 5.42. The van der Waals surface area contributed by atoms with Crippen LogP contribution >= 0.6 is 0 Å². The lowest BCUT2D eigenvalue weighted by atomic mass is 9.99. The third-order valence-electron chi connectivity index (χ3n) is 7.71. The maximum atomic E-state index is 13.7. The van der Waals surface area contributed by atoms with E-state index in [2.05, 4.69) is 29.7 Å². The van der Waals surface area contributed by atoms with E-state index in [1.807, 2.05) is 19.9 Å². The first-order valence-corrected chi connectivity index (χ1v) is 17.1. The van der Waals surface area contributed by atoms with E-state index in [4.69, 9.17) is 0 Å². The van der Waals surface area contributed by atoms with Gasteiger partial charge < -0.3 is 5.32 Å². The van der Waals surface area contributed by atoms with Gasteiger partial charge in [0.05, 0.1) is 22.5 Å². The van der Waals surface area contributed by atoms with Crippen molar-refractivity contribution in [1.82, 2.24) is 29.7 Å². The summed E-state index contributed by atoms with van der Waals surface area (Å²) in [4.78, 5) is 25.9. The van der Waals surface area contributed by atoms with Crippen molar-refractivity contribution >= 4 is 36.7 Å². The highest BCUT2D eigenvalue weighted by molar-refractivity contribution is 7.90. The quantitative estimate of drug-likeness (QED) is 0.242. The van der Waals surface area contributed by atoms with Crippen molar-refractivity contribution < 1.29 is 21.6 Å². The number of nitrogens with zero attached hydrogens (tertiary/aromatic N) is 3. The second-order valence-corrected chi connectivity index (χ2v) is 14.9. The highest BCUT2D eigenvalue weighted by Crippen LogP contribution is 2.47. The number of benzene rings is 1. The molecule has 1 fully saturated rings. The molecule has 2 atom stereocenters. The van der Waals surface area contributed by atoms with Crippen LogP contribution in [0.5, 0.6) is 0 Å². The van der Waals surface area contributed by atoms with Crippen LogP contribution in [0.15, 0.2) is 77.2 Å². The lowest BCUT2D eigenvalue weighted by Gasteiger charge is -2.19. The molecule has 0 spiro atoms. The minimum absolute atomic E-state index is 0.00470. The highest BCUT2D eigenvalue weighted by atomic mass is 32.2. The molecule has 1 aromatic carbocycles. The first-order chi connectivity index (χ1) is 20.5. The van der Waals surface area contributed by atoms with Crippen LogP contribution in [0.2, 0.25) is 0 Å². The summed E-state index contributed by atoms with van der Waals surface area (Å²) in [5.41, 5.74) is 2.22. The summed E-state index contributed by atoms with van der Waals surface area (Å²) in [5, 5.41) is 3.96. The van der Waals surface area contributed by atoms with Gasteiger partial charge in [-0.05, 0) is 72.7 Å². The molecule has 2 aliphatic rings. The number of pyridine rings is 3. The van der Waals surface area contributed by atoms with Crippen LogP contribution in [0.25, 0.3) is 10.8 Å². The molecule has 1 amide bonds. The Balaban J connectivity index is 1.51. The van der Waals surface area contributed by atoms with Crippen molar-refractivity contribution in [3.8, 4) is 0 Å². The molecule has 13 heteroatoms. The standard InChI is InChI=1S/C30H32N6O5S2/c1-18(2)14-34-43(40,41)28-12-23-26(35-30(37)20-5-3-9-31-15-20)13-27(36-42(38,39)21-6-4-10-32-16-21)29(23)24-17-33-25(11-22(24)28)19-7-8-19/h3-6,9-12,15-19,26-27,34,36H,7-8,13-14H2,1-2H3,(H,35,37)/t26-,27-/m1/s1. The molecule has 1 saturated carbocycles. The van der Waals surface area contributed by atoms with E-state index in [0.717, 1.165) is 18.5 Å². The zero-order valence-corrected chi connectivity index (χ0v) is 25.3. The smallest absolute Gasteiger partial charge is 0.253 e. The molecule has 224 valence electrons. The minimum atomic E-state index is -4.01. The summed E-state index contributed by atoms with van der Waals surface area (Å²) in [6.45, 7) is 4.08. The van der Waals surface area contributed by atoms with Crippen LogP contribution in [0.1, 0.15) is 78.3 Å². The Morgan fingerprint density at radius 3 is 2.33 bits per heavy atom. The lowest BCUT2D eigenvalue weighted by molar-refractivity contribution is 0.0935. The van der Waals surface area contributed by atoms with Crippen LogP contribution in [0, 0.1) is 5.92 Å². The highest BCUT2D eigenvalue weighted by Gasteiger charge is 2.39. The Labute approximate surface area is 250 Å². The zero-order chi connectivity index (χ0) is 30.4. The van der Waals surface area contributed by atoms with E-state index >= 15 is 0 Å². The third kappa shape index (κ3) is 6.03. The number of hydrogen-bond donors (Lipinski definition) is 3. The maximum absolute atomic E-state index is 13.7. The molecule has 0 saturated heterocycles. The van der Waals surface area contributed by atoms with Gasteiger partial charge in [0.2, 0.25) is 20.0 Å². The molecule has 0 aliphatic heterocycles. The van der Waals surface area contributed by atoms with Gasteiger partial charge in [-0.3, -0.25) is 19.7 Å². The molecular formula is C30H32N6O5S2. The van der Waals surface area contributed by atoms with Crippen molar-refractivity contribution in [2.24, 2.45) is 5.92 Å². The summed E-state index contributed by atoms with van der Waals surface area (Å²) in [7, 11) is -7.99. The Bertz CT molecular complexity index is 1900. The molecule has 2 aliphatic carbocycles. The second kappa shape index (κ2) is 11.4. The van der Waals surface area contributed by atoms with Gasteiger partial charge in [0.25, 0.3) is 5.91 Å². The number of hydrogen-bond acceptors (Lipinski definition) is 8. The van der Waals surface area contributed by atoms with Crippen LogP contribution in [-0.4, -0.2) is 44.2 Å². The zero-order valence-electron chi connectivity index (χ0n) is 23.7. The summed E-state index contributed by atoms with van der Waals surface area (Å²) < 4.78 is 59.9. The van der Waals surface area contributed by atoms with Crippen LogP contribution in [-0.2, 0) is 20.0 Å². The largest absolute Gasteiger partial charge is 0.345 e. The predicted octanol–water partition coefficient (Wildman–Crippen LogP) is 3.73. The second-order valence-electron chi connectivity index (χ2n) is 11.4. The number of carbonyl (C=O) groups excluding carboxylic acids is 1. The van der Waals surface area contributed by atoms with Crippen molar-refractivity contribution in [2.45, 2.75) is 60.9 Å². The predicted molar refractivity (Wildman–Crippen MR) is 160 cm³/mol. The van der Waals surface area contributed by atoms with Gasteiger partial charge in [0.15, 0.2) is 0 Å². The van der Waals surface area contributed by atoms with Gasteiger partial charge in [0.1, 0.15) is 4.90 Å². The number of sulfonamides is 2. The summed E-state index contributed by atoms with van der Waals surface area (Å²) >= 11 is 0. The van der Waals surface area contributed by atoms with Crippen molar-refractivity contribution in [3.05, 3.63) is 89.8 Å². The molecule has 4 aromatic rings. The Morgan fingerprint density at radius 2 is 1.67 bits per heavy atom. The normalized spacial score (nSPS) is 18.6. The van der Waals surface area contributed by atoms with Crippen LogP contribution in [0.4, 0.5) is 0 Å². The molecule has 6 rings (SSSR count). The number of nitrogens with one attached hydrogen (secondary N) is 3. The average Bonchev–Trinajstić information content (AvgIpc) is 3.80. The monoisotopic (exact) mass is 620 g/mol. The van der Waals surface area contributed by atoms with E-state index in [9.17, 15) is 21.6 Å². The van der Waals surface area contributed by atoms with Gasteiger partial charge in [-0.1, -0.05) is 13.8 Å². The molecule has 3 aromatic heterocycles. The lowest BCUT2D eigenvalue weighted by Crippen LogP contribution is -2.30. The molecule has 43 heavy (non-hydrogen) atoms. The fourth-order valence-corrected chi connectivity index (χ4v) is 8.05. The van der Waals surface area contributed by atoms with Crippen molar-refractivity contribution in [1.29, 1.82) is 0 Å². The number of rotatable bonds is 10. The average molecular weight is 621 g/mol. The summed E-state index contributed by atoms with van der Waals surface area (Å²) in [6.07, 6.45) is 9.49. The van der Waals surface area contributed by atoms with Gasteiger partial charge >= 0.3 is 0 Å². The maximum Gasteiger partial charge on any atom is 0.253 e. The molecule has 0 bridgehead atoms.